The Morgan fingerprint density at radius 3 is 2.42 bits per heavy atom. The molecule has 2 saturated carbocycles. The number of rotatable bonds is 8. The summed E-state index contributed by atoms with van der Waals surface area (Å²) in [7, 11) is 0. The van der Waals surface area contributed by atoms with Gasteiger partial charge >= 0.3 is 12.1 Å². The lowest BCUT2D eigenvalue weighted by Crippen LogP contribution is -2.53. The third-order valence-electron chi connectivity index (χ3n) is 7.85. The average molecular weight is 491 g/mol. The van der Waals surface area contributed by atoms with Crippen molar-refractivity contribution in [2.75, 3.05) is 4.90 Å². The molecule has 0 spiro atoms. The van der Waals surface area contributed by atoms with Crippen LogP contribution in [-0.4, -0.2) is 40.1 Å². The van der Waals surface area contributed by atoms with Gasteiger partial charge in [0.25, 0.3) is 0 Å². The molecule has 5 rings (SSSR count). The number of benzene rings is 2. The van der Waals surface area contributed by atoms with Crippen LogP contribution in [0.1, 0.15) is 81.6 Å². The van der Waals surface area contributed by atoms with Gasteiger partial charge in [0.05, 0.1) is 18.2 Å². The fourth-order valence-corrected chi connectivity index (χ4v) is 6.13. The van der Waals surface area contributed by atoms with Crippen LogP contribution in [0.5, 0.6) is 0 Å². The number of para-hydroxylation sites is 1. The van der Waals surface area contributed by atoms with E-state index in [-0.39, 0.29) is 55.0 Å². The average Bonchev–Trinajstić information content (AvgIpc) is 3.61. The van der Waals surface area contributed by atoms with Gasteiger partial charge < -0.3 is 14.7 Å². The Kier molecular flexibility index (Phi) is 6.99. The number of anilines is 1. The second-order valence-electron chi connectivity index (χ2n) is 10.2. The van der Waals surface area contributed by atoms with Crippen molar-refractivity contribution in [3.63, 3.8) is 0 Å². The summed E-state index contributed by atoms with van der Waals surface area (Å²) in [5.74, 6) is -0.963. The van der Waals surface area contributed by atoms with E-state index in [1.54, 1.807) is 0 Å². The van der Waals surface area contributed by atoms with Crippen LogP contribution in [-0.2, 0) is 14.3 Å². The molecule has 0 radical (unpaired) electrons. The largest absolute Gasteiger partial charge is 0.481 e. The number of carboxylic acids is 1. The minimum atomic E-state index is -0.959. The second-order valence-corrected chi connectivity index (χ2v) is 10.2. The SMILES string of the molecule is CC[C@H](OC(=O)N1c2ccccc2C(N(C(=O)CCC(=O)O)C2CC2)C2CCCC21)c1ccccc1. The second kappa shape index (κ2) is 10.3. The van der Waals surface area contributed by atoms with E-state index in [9.17, 15) is 14.4 Å². The molecule has 1 N–H and O–H groups in total. The first-order valence-corrected chi connectivity index (χ1v) is 13.2. The van der Waals surface area contributed by atoms with Crippen molar-refractivity contribution in [1.82, 2.24) is 4.90 Å². The van der Waals surface area contributed by atoms with Gasteiger partial charge in [-0.2, -0.15) is 0 Å². The number of nitrogens with zero attached hydrogens (tertiary/aromatic N) is 2. The summed E-state index contributed by atoms with van der Waals surface area (Å²) in [6.07, 6.45) is 4.47. The number of fused-ring (bicyclic) bond motifs is 2. The van der Waals surface area contributed by atoms with Crippen LogP contribution in [0.2, 0.25) is 0 Å². The highest BCUT2D eigenvalue weighted by molar-refractivity contribution is 5.91. The summed E-state index contributed by atoms with van der Waals surface area (Å²) >= 11 is 0. The zero-order valence-corrected chi connectivity index (χ0v) is 20.7. The van der Waals surface area contributed by atoms with Crippen LogP contribution in [0.4, 0.5) is 10.5 Å². The monoisotopic (exact) mass is 490 g/mol. The van der Waals surface area contributed by atoms with Crippen molar-refractivity contribution >= 4 is 23.7 Å². The molecule has 0 aromatic heterocycles. The molecule has 3 aliphatic rings. The predicted molar refractivity (Wildman–Crippen MR) is 135 cm³/mol. The molecular formula is C29H34N2O5. The molecule has 36 heavy (non-hydrogen) atoms. The number of hydrogen-bond acceptors (Lipinski definition) is 4. The topological polar surface area (TPSA) is 87.2 Å². The first kappa shape index (κ1) is 24.3. The fourth-order valence-electron chi connectivity index (χ4n) is 6.13. The highest BCUT2D eigenvalue weighted by Gasteiger charge is 2.51. The van der Waals surface area contributed by atoms with Crippen molar-refractivity contribution in [3.05, 3.63) is 65.7 Å². The zero-order valence-electron chi connectivity index (χ0n) is 20.7. The Labute approximate surface area is 212 Å². The van der Waals surface area contributed by atoms with Crippen molar-refractivity contribution in [2.45, 2.75) is 82.5 Å². The smallest absolute Gasteiger partial charge is 0.415 e. The molecule has 0 saturated heterocycles. The normalized spacial score (nSPS) is 23.4. The van der Waals surface area contributed by atoms with Crippen molar-refractivity contribution in [1.29, 1.82) is 0 Å². The van der Waals surface area contributed by atoms with Crippen LogP contribution in [0.25, 0.3) is 0 Å². The number of carboxylic acid groups (broad SMARTS) is 1. The number of carbonyl (C=O) groups is 3. The van der Waals surface area contributed by atoms with E-state index < -0.39 is 5.97 Å². The molecule has 190 valence electrons. The third-order valence-corrected chi connectivity index (χ3v) is 7.85. The van der Waals surface area contributed by atoms with Gasteiger partial charge in [-0.05, 0) is 49.3 Å². The minimum absolute atomic E-state index is 0.00288. The molecule has 1 aliphatic heterocycles. The van der Waals surface area contributed by atoms with Gasteiger partial charge in [0.2, 0.25) is 5.91 Å². The van der Waals surface area contributed by atoms with Crippen LogP contribution in [0.3, 0.4) is 0 Å². The van der Waals surface area contributed by atoms with Gasteiger partial charge in [-0.15, -0.1) is 0 Å². The number of amides is 2. The summed E-state index contributed by atoms with van der Waals surface area (Å²) < 4.78 is 6.10. The number of ether oxygens (including phenoxy) is 1. The highest BCUT2D eigenvalue weighted by Crippen LogP contribution is 2.53. The van der Waals surface area contributed by atoms with Crippen molar-refractivity contribution in [2.24, 2.45) is 5.92 Å². The Bertz CT molecular complexity index is 1120. The highest BCUT2D eigenvalue weighted by atomic mass is 16.6. The van der Waals surface area contributed by atoms with Gasteiger partial charge in [-0.3, -0.25) is 14.5 Å². The van der Waals surface area contributed by atoms with Crippen molar-refractivity contribution in [3.8, 4) is 0 Å². The molecule has 2 aromatic carbocycles. The molecule has 7 nitrogen and oxygen atoms in total. The first-order chi connectivity index (χ1) is 17.5. The summed E-state index contributed by atoms with van der Waals surface area (Å²) in [5.41, 5.74) is 2.74. The molecule has 0 bridgehead atoms. The Hall–Kier alpha value is -3.35. The molecular weight excluding hydrogens is 456 g/mol. The number of hydrogen-bond donors (Lipinski definition) is 1. The van der Waals surface area contributed by atoms with Gasteiger partial charge in [0.15, 0.2) is 0 Å². The van der Waals surface area contributed by atoms with Crippen molar-refractivity contribution < 1.29 is 24.2 Å². The summed E-state index contributed by atoms with van der Waals surface area (Å²) in [6.45, 7) is 2.01. The molecule has 4 atom stereocenters. The van der Waals surface area contributed by atoms with Crippen LogP contribution < -0.4 is 4.90 Å². The molecule has 2 aliphatic carbocycles. The molecule has 1 heterocycles. The number of aliphatic carboxylic acids is 1. The Morgan fingerprint density at radius 2 is 1.72 bits per heavy atom. The minimum Gasteiger partial charge on any atom is -0.481 e. The van der Waals surface area contributed by atoms with Gasteiger partial charge in [-0.25, -0.2) is 4.79 Å². The third kappa shape index (κ3) is 4.71. The molecule has 2 fully saturated rings. The molecule has 7 heteroatoms. The van der Waals surface area contributed by atoms with E-state index in [4.69, 9.17) is 9.84 Å². The standard InChI is InChI=1S/C29H34N2O5/c1-2-25(19-9-4-3-5-10-19)36-29(35)31-23-13-7-6-11-21(23)28(22-12-8-14-24(22)31)30(20-15-16-20)26(32)17-18-27(33)34/h3-7,9-11,13,20,22,24-25,28H,2,8,12,14-18H2,1H3,(H,33,34)/t22?,24?,25-,28?/m0/s1. The maximum Gasteiger partial charge on any atom is 0.415 e. The van der Waals surface area contributed by atoms with E-state index in [2.05, 4.69) is 0 Å². The fraction of sp³-hybridized carbons (Fsp3) is 0.483. The van der Waals surface area contributed by atoms with E-state index in [1.807, 2.05) is 71.3 Å². The van der Waals surface area contributed by atoms with E-state index >= 15 is 0 Å². The predicted octanol–water partition coefficient (Wildman–Crippen LogP) is 5.86. The Balaban J connectivity index is 1.48. The maximum absolute atomic E-state index is 13.7. The van der Waals surface area contributed by atoms with E-state index in [1.165, 1.54) is 0 Å². The van der Waals surface area contributed by atoms with Crippen LogP contribution in [0, 0.1) is 5.92 Å². The first-order valence-electron chi connectivity index (χ1n) is 13.2. The molecule has 2 amide bonds. The number of carbonyl (C=O) groups excluding carboxylic acids is 2. The van der Waals surface area contributed by atoms with Gasteiger partial charge in [-0.1, -0.05) is 61.9 Å². The molecule has 2 aromatic rings. The van der Waals surface area contributed by atoms with Gasteiger partial charge in [0.1, 0.15) is 6.10 Å². The van der Waals surface area contributed by atoms with Crippen LogP contribution >= 0.6 is 0 Å². The summed E-state index contributed by atoms with van der Waals surface area (Å²) in [5, 5.41) is 9.16. The van der Waals surface area contributed by atoms with Crippen LogP contribution in [0.15, 0.2) is 54.6 Å². The van der Waals surface area contributed by atoms with Gasteiger partial charge in [0, 0.05) is 24.4 Å². The molecule has 3 unspecified atom stereocenters. The lowest BCUT2D eigenvalue weighted by atomic mass is 9.81. The zero-order chi connectivity index (χ0) is 25.2. The van der Waals surface area contributed by atoms with E-state index in [0.29, 0.717) is 6.42 Å². The quantitative estimate of drug-likeness (QED) is 0.501. The lowest BCUT2D eigenvalue weighted by molar-refractivity contribution is -0.142. The van der Waals surface area contributed by atoms with E-state index in [0.717, 1.165) is 48.9 Å². The lowest BCUT2D eigenvalue weighted by Gasteiger charge is -2.47. The Morgan fingerprint density at radius 1 is 1.00 bits per heavy atom. The summed E-state index contributed by atoms with van der Waals surface area (Å²) in [6, 6.07) is 17.6. The summed E-state index contributed by atoms with van der Waals surface area (Å²) in [4.78, 5) is 42.1. The maximum atomic E-state index is 13.7.